The Morgan fingerprint density at radius 3 is 2.78 bits per heavy atom. The van der Waals surface area contributed by atoms with Crippen LogP contribution in [0, 0.1) is 0 Å². The first-order chi connectivity index (χ1) is 8.66. The summed E-state index contributed by atoms with van der Waals surface area (Å²) in [5, 5.41) is 4.04. The van der Waals surface area contributed by atoms with Crippen molar-refractivity contribution in [2.75, 3.05) is 20.1 Å². The third kappa shape index (κ3) is 3.47. The van der Waals surface area contributed by atoms with Crippen LogP contribution in [0.3, 0.4) is 0 Å². The van der Waals surface area contributed by atoms with Crippen molar-refractivity contribution in [2.24, 2.45) is 0 Å². The Labute approximate surface area is 113 Å². The average molecular weight is 267 g/mol. The highest BCUT2D eigenvalue weighted by molar-refractivity contribution is 6.30. The predicted molar refractivity (Wildman–Crippen MR) is 73.8 cm³/mol. The number of halogens is 1. The lowest BCUT2D eigenvalue weighted by atomic mass is 10.1. The number of carbonyl (C=O) groups excluding carboxylic acids is 1. The Hall–Kier alpha value is -1.06. The quantitative estimate of drug-likeness (QED) is 0.909. The number of piperidine rings is 1. The number of nitrogens with one attached hydrogen (secondary N) is 1. The summed E-state index contributed by atoms with van der Waals surface area (Å²) in [6, 6.07) is 7.80. The van der Waals surface area contributed by atoms with E-state index in [1.165, 1.54) is 0 Å². The maximum atomic E-state index is 12.2. The molecule has 1 N–H and O–H groups in total. The fourth-order valence-electron chi connectivity index (χ4n) is 2.27. The average Bonchev–Trinajstić information content (AvgIpc) is 2.41. The maximum absolute atomic E-state index is 12.2. The summed E-state index contributed by atoms with van der Waals surface area (Å²) in [4.78, 5) is 14.0. The number of carbonyl (C=O) groups is 1. The van der Waals surface area contributed by atoms with Gasteiger partial charge in [-0.25, -0.2) is 0 Å². The molecule has 98 valence electrons. The molecule has 18 heavy (non-hydrogen) atoms. The molecule has 1 fully saturated rings. The van der Waals surface area contributed by atoms with Gasteiger partial charge in [0, 0.05) is 24.7 Å². The van der Waals surface area contributed by atoms with Gasteiger partial charge in [-0.05, 0) is 37.1 Å². The monoisotopic (exact) mass is 266 g/mol. The number of hydrogen-bond donors (Lipinski definition) is 1. The molecular formula is C14H19ClN2O. The van der Waals surface area contributed by atoms with Gasteiger partial charge >= 0.3 is 0 Å². The summed E-state index contributed by atoms with van der Waals surface area (Å²) in [6.07, 6.45) is 2.68. The van der Waals surface area contributed by atoms with Crippen molar-refractivity contribution >= 4 is 17.5 Å². The molecular weight excluding hydrogens is 248 g/mol. The third-order valence-corrected chi connectivity index (χ3v) is 3.73. The second-order valence-corrected chi connectivity index (χ2v) is 5.24. The SMILES string of the molecule is CN(C(=O)Cc1ccc(Cl)cc1)C1CCCNC1. The van der Waals surface area contributed by atoms with Gasteiger partial charge in [0.2, 0.25) is 5.91 Å². The van der Waals surface area contributed by atoms with Gasteiger partial charge in [-0.1, -0.05) is 23.7 Å². The number of likely N-dealkylation sites (N-methyl/N-ethyl adjacent to an activating group) is 1. The minimum Gasteiger partial charge on any atom is -0.341 e. The van der Waals surface area contributed by atoms with E-state index in [2.05, 4.69) is 5.32 Å². The lowest BCUT2D eigenvalue weighted by molar-refractivity contribution is -0.131. The molecule has 1 unspecified atom stereocenters. The zero-order valence-electron chi connectivity index (χ0n) is 10.7. The van der Waals surface area contributed by atoms with Gasteiger partial charge in [0.15, 0.2) is 0 Å². The Kier molecular flexibility index (Phi) is 4.61. The third-order valence-electron chi connectivity index (χ3n) is 3.48. The Morgan fingerprint density at radius 1 is 1.44 bits per heavy atom. The van der Waals surface area contributed by atoms with Crippen molar-refractivity contribution in [2.45, 2.75) is 25.3 Å². The molecule has 3 nitrogen and oxygen atoms in total. The summed E-state index contributed by atoms with van der Waals surface area (Å²) in [5.74, 6) is 0.172. The van der Waals surface area contributed by atoms with Gasteiger partial charge in [0.25, 0.3) is 0 Å². The Bertz CT molecular complexity index is 399. The summed E-state index contributed by atoms with van der Waals surface area (Å²) in [6.45, 7) is 1.97. The van der Waals surface area contributed by atoms with Crippen molar-refractivity contribution in [1.29, 1.82) is 0 Å². The first kappa shape index (κ1) is 13.4. The molecule has 2 rings (SSSR count). The van der Waals surface area contributed by atoms with Crippen LogP contribution < -0.4 is 5.32 Å². The summed E-state index contributed by atoms with van der Waals surface area (Å²) < 4.78 is 0. The van der Waals surface area contributed by atoms with E-state index in [4.69, 9.17) is 11.6 Å². The van der Waals surface area contributed by atoms with E-state index in [1.807, 2.05) is 36.2 Å². The van der Waals surface area contributed by atoms with Crippen LogP contribution in [0.2, 0.25) is 5.02 Å². The van der Waals surface area contributed by atoms with Crippen LogP contribution in [0.15, 0.2) is 24.3 Å². The van der Waals surface area contributed by atoms with E-state index in [0.717, 1.165) is 31.5 Å². The van der Waals surface area contributed by atoms with Crippen LogP contribution in [0.1, 0.15) is 18.4 Å². The minimum atomic E-state index is 0.172. The van der Waals surface area contributed by atoms with Crippen molar-refractivity contribution in [1.82, 2.24) is 10.2 Å². The van der Waals surface area contributed by atoms with Gasteiger partial charge < -0.3 is 10.2 Å². The van der Waals surface area contributed by atoms with Gasteiger partial charge in [-0.2, -0.15) is 0 Å². The fourth-order valence-corrected chi connectivity index (χ4v) is 2.40. The molecule has 0 aromatic heterocycles. The molecule has 0 bridgehead atoms. The number of benzene rings is 1. The predicted octanol–water partition coefficient (Wildman–Crippen LogP) is 2.09. The fraction of sp³-hybridized carbons (Fsp3) is 0.500. The normalized spacial score (nSPS) is 19.6. The summed E-state index contributed by atoms with van der Waals surface area (Å²) in [5.41, 5.74) is 1.01. The molecule has 1 heterocycles. The summed E-state index contributed by atoms with van der Waals surface area (Å²) >= 11 is 5.83. The Morgan fingerprint density at radius 2 is 2.17 bits per heavy atom. The second kappa shape index (κ2) is 6.21. The maximum Gasteiger partial charge on any atom is 0.227 e. The number of rotatable bonds is 3. The smallest absolute Gasteiger partial charge is 0.227 e. The molecule has 1 saturated heterocycles. The van der Waals surface area contributed by atoms with Gasteiger partial charge in [0.1, 0.15) is 0 Å². The summed E-state index contributed by atoms with van der Waals surface area (Å²) in [7, 11) is 1.90. The van der Waals surface area contributed by atoms with E-state index in [9.17, 15) is 4.79 Å². The highest BCUT2D eigenvalue weighted by Crippen LogP contribution is 2.13. The van der Waals surface area contributed by atoms with Gasteiger partial charge in [-0.3, -0.25) is 4.79 Å². The van der Waals surface area contributed by atoms with Crippen molar-refractivity contribution in [3.63, 3.8) is 0 Å². The highest BCUT2D eigenvalue weighted by atomic mass is 35.5. The molecule has 1 aliphatic rings. The molecule has 1 aliphatic heterocycles. The zero-order valence-corrected chi connectivity index (χ0v) is 11.4. The van der Waals surface area contributed by atoms with E-state index < -0.39 is 0 Å². The van der Waals surface area contributed by atoms with E-state index in [-0.39, 0.29) is 5.91 Å². The molecule has 0 aliphatic carbocycles. The van der Waals surface area contributed by atoms with Crippen LogP contribution in [-0.2, 0) is 11.2 Å². The first-order valence-electron chi connectivity index (χ1n) is 6.37. The topological polar surface area (TPSA) is 32.3 Å². The first-order valence-corrected chi connectivity index (χ1v) is 6.75. The van der Waals surface area contributed by atoms with Crippen LogP contribution in [-0.4, -0.2) is 37.0 Å². The number of amides is 1. The van der Waals surface area contributed by atoms with E-state index >= 15 is 0 Å². The molecule has 0 spiro atoms. The second-order valence-electron chi connectivity index (χ2n) is 4.81. The zero-order chi connectivity index (χ0) is 13.0. The van der Waals surface area contributed by atoms with Crippen molar-refractivity contribution in [3.05, 3.63) is 34.9 Å². The van der Waals surface area contributed by atoms with E-state index in [1.54, 1.807) is 0 Å². The van der Waals surface area contributed by atoms with Crippen LogP contribution in [0.5, 0.6) is 0 Å². The van der Waals surface area contributed by atoms with Gasteiger partial charge in [-0.15, -0.1) is 0 Å². The van der Waals surface area contributed by atoms with Crippen molar-refractivity contribution in [3.8, 4) is 0 Å². The molecule has 1 aromatic rings. The standard InChI is InChI=1S/C14H19ClN2O/c1-17(13-3-2-8-16-10-13)14(18)9-11-4-6-12(15)7-5-11/h4-7,13,16H,2-3,8-10H2,1H3. The van der Waals surface area contributed by atoms with Crippen LogP contribution >= 0.6 is 11.6 Å². The molecule has 1 amide bonds. The van der Waals surface area contributed by atoms with E-state index in [0.29, 0.717) is 17.5 Å². The van der Waals surface area contributed by atoms with Crippen molar-refractivity contribution < 1.29 is 4.79 Å². The minimum absolute atomic E-state index is 0.172. The molecule has 4 heteroatoms. The number of nitrogens with zero attached hydrogens (tertiary/aromatic N) is 1. The molecule has 0 radical (unpaired) electrons. The lowest BCUT2D eigenvalue weighted by Crippen LogP contribution is -2.47. The molecule has 0 saturated carbocycles. The largest absolute Gasteiger partial charge is 0.341 e. The van der Waals surface area contributed by atoms with Crippen LogP contribution in [0.25, 0.3) is 0 Å². The van der Waals surface area contributed by atoms with Crippen LogP contribution in [0.4, 0.5) is 0 Å². The molecule has 1 atom stereocenters. The molecule has 1 aromatic carbocycles. The number of hydrogen-bond acceptors (Lipinski definition) is 2. The highest BCUT2D eigenvalue weighted by Gasteiger charge is 2.21. The Balaban J connectivity index is 1.92. The van der Waals surface area contributed by atoms with Gasteiger partial charge in [0.05, 0.1) is 6.42 Å². The lowest BCUT2D eigenvalue weighted by Gasteiger charge is -2.31.